The molecule has 2 rings (SSSR count). The van der Waals surface area contributed by atoms with Crippen molar-refractivity contribution in [3.05, 3.63) is 47.5 Å². The van der Waals surface area contributed by atoms with Crippen molar-refractivity contribution in [3.63, 3.8) is 0 Å². The summed E-state index contributed by atoms with van der Waals surface area (Å²) in [5, 5.41) is 3.88. The summed E-state index contributed by atoms with van der Waals surface area (Å²) in [5.74, 6) is 0.993. The van der Waals surface area contributed by atoms with E-state index in [2.05, 4.69) is 21.8 Å². The van der Waals surface area contributed by atoms with Gasteiger partial charge in [0.1, 0.15) is 0 Å². The molecule has 24 heavy (non-hydrogen) atoms. The normalized spacial score (nSPS) is 14.8. The number of hydrogen-bond acceptors (Lipinski definition) is 2. The maximum atomic E-state index is 12.4. The minimum absolute atomic E-state index is 0. The van der Waals surface area contributed by atoms with Crippen LogP contribution in [0.1, 0.15) is 5.56 Å². The summed E-state index contributed by atoms with van der Waals surface area (Å²) in [6.45, 7) is 7.33. The Morgan fingerprint density at radius 2 is 2.00 bits per heavy atom. The van der Waals surface area contributed by atoms with Crippen LogP contribution in [-0.2, 0) is 11.2 Å². The highest BCUT2D eigenvalue weighted by atomic mass is 127. The summed E-state index contributed by atoms with van der Waals surface area (Å²) in [7, 11) is 1.77. The molecule has 1 amide bonds. The Hall–Kier alpha value is -1.28. The monoisotopic (exact) mass is 462 g/mol. The highest BCUT2D eigenvalue weighted by Gasteiger charge is 2.22. The first-order valence-corrected chi connectivity index (χ1v) is 8.10. The lowest BCUT2D eigenvalue weighted by molar-refractivity contribution is -0.131. The predicted octanol–water partition coefficient (Wildman–Crippen LogP) is 2.41. The smallest absolute Gasteiger partial charge is 0.227 e. The number of nitrogens with one attached hydrogen (secondary N) is 1. The largest absolute Gasteiger partial charge is 0.353 e. The summed E-state index contributed by atoms with van der Waals surface area (Å²) in [6, 6.07) is 7.46. The molecule has 1 aliphatic rings. The van der Waals surface area contributed by atoms with Crippen LogP contribution in [0.15, 0.2) is 41.9 Å². The quantitative estimate of drug-likeness (QED) is 0.324. The van der Waals surface area contributed by atoms with E-state index in [1.165, 1.54) is 0 Å². The average molecular weight is 463 g/mol. The van der Waals surface area contributed by atoms with Crippen molar-refractivity contribution in [3.8, 4) is 0 Å². The molecule has 1 heterocycles. The standard InChI is InChI=1S/C17H23ClN4O.HI/c1-3-7-20-17(19-2)22-10-8-21(9-11-22)16(23)13-14-5-4-6-15(18)12-14;/h3-6,12H,1,7-11,13H2,2H3,(H,19,20);1H. The van der Waals surface area contributed by atoms with Gasteiger partial charge < -0.3 is 15.1 Å². The molecule has 0 aromatic heterocycles. The van der Waals surface area contributed by atoms with E-state index in [-0.39, 0.29) is 29.9 Å². The van der Waals surface area contributed by atoms with E-state index in [0.717, 1.165) is 24.6 Å². The molecule has 1 aromatic rings. The van der Waals surface area contributed by atoms with Gasteiger partial charge >= 0.3 is 0 Å². The van der Waals surface area contributed by atoms with Crippen molar-refractivity contribution < 1.29 is 4.79 Å². The molecule has 1 aliphatic heterocycles. The Morgan fingerprint density at radius 3 is 2.58 bits per heavy atom. The third kappa shape index (κ3) is 5.98. The van der Waals surface area contributed by atoms with Gasteiger partial charge in [-0.2, -0.15) is 0 Å². The third-order valence-corrected chi connectivity index (χ3v) is 4.03. The zero-order valence-corrected chi connectivity index (χ0v) is 17.0. The number of benzene rings is 1. The van der Waals surface area contributed by atoms with Gasteiger partial charge in [-0.25, -0.2) is 0 Å². The molecule has 1 N–H and O–H groups in total. The van der Waals surface area contributed by atoms with Gasteiger partial charge in [0.2, 0.25) is 5.91 Å². The van der Waals surface area contributed by atoms with Crippen molar-refractivity contribution in [2.75, 3.05) is 39.8 Å². The summed E-state index contributed by atoms with van der Waals surface area (Å²) in [6.07, 6.45) is 2.19. The summed E-state index contributed by atoms with van der Waals surface area (Å²) in [4.78, 5) is 20.7. The molecule has 0 unspecified atom stereocenters. The molecule has 1 fully saturated rings. The lowest BCUT2D eigenvalue weighted by Gasteiger charge is -2.36. The molecule has 0 bridgehead atoms. The Bertz CT molecular complexity index is 586. The van der Waals surface area contributed by atoms with Crippen LogP contribution < -0.4 is 5.32 Å². The van der Waals surface area contributed by atoms with Gasteiger partial charge in [0.15, 0.2) is 5.96 Å². The van der Waals surface area contributed by atoms with Crippen molar-refractivity contribution in [2.45, 2.75) is 6.42 Å². The molecular weight excluding hydrogens is 439 g/mol. The molecule has 0 saturated carbocycles. The highest BCUT2D eigenvalue weighted by molar-refractivity contribution is 14.0. The third-order valence-electron chi connectivity index (χ3n) is 3.79. The summed E-state index contributed by atoms with van der Waals surface area (Å²) < 4.78 is 0. The number of piperazine rings is 1. The lowest BCUT2D eigenvalue weighted by atomic mass is 10.1. The highest BCUT2D eigenvalue weighted by Crippen LogP contribution is 2.13. The van der Waals surface area contributed by atoms with Crippen LogP contribution in [0.2, 0.25) is 5.02 Å². The first-order valence-electron chi connectivity index (χ1n) is 7.72. The van der Waals surface area contributed by atoms with Gasteiger partial charge in [0, 0.05) is 44.8 Å². The number of carbonyl (C=O) groups excluding carboxylic acids is 1. The van der Waals surface area contributed by atoms with Crippen LogP contribution in [0.3, 0.4) is 0 Å². The molecule has 0 radical (unpaired) electrons. The van der Waals surface area contributed by atoms with Crippen molar-refractivity contribution >= 4 is 47.4 Å². The lowest BCUT2D eigenvalue weighted by Crippen LogP contribution is -2.54. The van der Waals surface area contributed by atoms with Gasteiger partial charge in [-0.1, -0.05) is 29.8 Å². The molecule has 0 atom stereocenters. The van der Waals surface area contributed by atoms with Crippen LogP contribution in [0, 0.1) is 0 Å². The number of halogens is 2. The summed E-state index contributed by atoms with van der Waals surface area (Å²) in [5.41, 5.74) is 0.952. The molecule has 0 spiro atoms. The Morgan fingerprint density at radius 1 is 1.33 bits per heavy atom. The van der Waals surface area contributed by atoms with Gasteiger partial charge in [-0.05, 0) is 17.7 Å². The maximum Gasteiger partial charge on any atom is 0.227 e. The van der Waals surface area contributed by atoms with E-state index in [1.807, 2.05) is 29.2 Å². The van der Waals surface area contributed by atoms with E-state index in [9.17, 15) is 4.79 Å². The fourth-order valence-electron chi connectivity index (χ4n) is 2.60. The number of carbonyl (C=O) groups is 1. The predicted molar refractivity (Wildman–Crippen MR) is 110 cm³/mol. The maximum absolute atomic E-state index is 12.4. The zero-order chi connectivity index (χ0) is 16.7. The number of aliphatic imine (C=N–C) groups is 1. The number of rotatable bonds is 4. The van der Waals surface area contributed by atoms with Crippen LogP contribution >= 0.6 is 35.6 Å². The molecule has 5 nitrogen and oxygen atoms in total. The fraction of sp³-hybridized carbons (Fsp3) is 0.412. The van der Waals surface area contributed by atoms with Gasteiger partial charge in [-0.15, -0.1) is 30.6 Å². The van der Waals surface area contributed by atoms with E-state index in [1.54, 1.807) is 13.1 Å². The SMILES string of the molecule is C=CCNC(=NC)N1CCN(C(=O)Cc2cccc(Cl)c2)CC1.I. The van der Waals surface area contributed by atoms with Crippen LogP contribution in [0.4, 0.5) is 0 Å². The van der Waals surface area contributed by atoms with E-state index < -0.39 is 0 Å². The van der Waals surface area contributed by atoms with Crippen LogP contribution in [0.25, 0.3) is 0 Å². The fourth-order valence-corrected chi connectivity index (χ4v) is 2.81. The molecule has 7 heteroatoms. The Balaban J connectivity index is 0.00000288. The van der Waals surface area contributed by atoms with Gasteiger partial charge in [0.25, 0.3) is 0 Å². The minimum atomic E-state index is 0. The molecule has 0 aliphatic carbocycles. The van der Waals surface area contributed by atoms with Gasteiger partial charge in [0.05, 0.1) is 6.42 Å². The number of amides is 1. The molecule has 1 aromatic carbocycles. The average Bonchev–Trinajstić information content (AvgIpc) is 2.56. The van der Waals surface area contributed by atoms with E-state index >= 15 is 0 Å². The zero-order valence-electron chi connectivity index (χ0n) is 13.9. The second-order valence-corrected chi connectivity index (χ2v) is 5.83. The van der Waals surface area contributed by atoms with Crippen molar-refractivity contribution in [2.24, 2.45) is 4.99 Å². The van der Waals surface area contributed by atoms with Gasteiger partial charge in [-0.3, -0.25) is 9.79 Å². The number of nitrogens with zero attached hydrogens (tertiary/aromatic N) is 3. The first kappa shape index (κ1) is 20.8. The molecule has 1 saturated heterocycles. The Labute approximate surface area is 165 Å². The Kier molecular flexibility index (Phi) is 9.13. The van der Waals surface area contributed by atoms with Crippen molar-refractivity contribution in [1.29, 1.82) is 0 Å². The van der Waals surface area contributed by atoms with Crippen LogP contribution in [0.5, 0.6) is 0 Å². The molecular formula is C17H24ClIN4O. The van der Waals surface area contributed by atoms with E-state index in [0.29, 0.717) is 31.1 Å². The molecule has 132 valence electrons. The summed E-state index contributed by atoms with van der Waals surface area (Å²) >= 11 is 5.97. The minimum Gasteiger partial charge on any atom is -0.353 e. The second kappa shape index (κ2) is 10.6. The number of guanidine groups is 1. The second-order valence-electron chi connectivity index (χ2n) is 5.39. The number of hydrogen-bond donors (Lipinski definition) is 1. The van der Waals surface area contributed by atoms with E-state index in [4.69, 9.17) is 11.6 Å². The topological polar surface area (TPSA) is 47.9 Å². The first-order chi connectivity index (χ1) is 11.1. The van der Waals surface area contributed by atoms with Crippen molar-refractivity contribution in [1.82, 2.24) is 15.1 Å². The van der Waals surface area contributed by atoms with Crippen LogP contribution in [-0.4, -0.2) is 61.4 Å².